The minimum absolute atomic E-state index is 0.740. The van der Waals surface area contributed by atoms with Gasteiger partial charge in [0.2, 0.25) is 0 Å². The molecule has 0 aromatic carbocycles. The summed E-state index contributed by atoms with van der Waals surface area (Å²) in [5.74, 6) is 0.917. The number of aliphatic imine (C=N–C) groups is 1. The van der Waals surface area contributed by atoms with E-state index >= 15 is 0 Å². The van der Waals surface area contributed by atoms with Gasteiger partial charge in [-0.1, -0.05) is 19.1 Å². The van der Waals surface area contributed by atoms with Crippen LogP contribution in [0, 0.1) is 5.92 Å². The highest BCUT2D eigenvalue weighted by molar-refractivity contribution is 5.29. The molecule has 0 amide bonds. The minimum Gasteiger partial charge on any atom is -0.299 e. The lowest BCUT2D eigenvalue weighted by Gasteiger charge is -2.33. The van der Waals surface area contributed by atoms with Crippen LogP contribution in [0.2, 0.25) is 0 Å². The van der Waals surface area contributed by atoms with E-state index in [1.54, 1.807) is 0 Å². The van der Waals surface area contributed by atoms with Crippen LogP contribution < -0.4 is 0 Å². The SMILES string of the molecule is C=N/C=C(\C=C/C)CN(C)C1CCC(C)CC1. The summed E-state index contributed by atoms with van der Waals surface area (Å²) in [6.07, 6.45) is 11.5. The molecule has 0 spiro atoms. The van der Waals surface area contributed by atoms with Crippen molar-refractivity contribution in [3.63, 3.8) is 0 Å². The van der Waals surface area contributed by atoms with Crippen LogP contribution in [0.4, 0.5) is 0 Å². The van der Waals surface area contributed by atoms with E-state index < -0.39 is 0 Å². The number of hydrogen-bond acceptors (Lipinski definition) is 2. The van der Waals surface area contributed by atoms with Crippen molar-refractivity contribution in [3.05, 3.63) is 23.9 Å². The number of hydrogen-bond donors (Lipinski definition) is 0. The van der Waals surface area contributed by atoms with Gasteiger partial charge in [-0.2, -0.15) is 0 Å². The standard InChI is InChI=1S/C15H26N2/c1-5-6-14(11-16-3)12-17(4)15-9-7-13(2)8-10-15/h5-6,11,13,15H,3,7-10,12H2,1-2,4H3/b6-5-,14-11+. The maximum absolute atomic E-state index is 3.87. The third-order valence-corrected chi connectivity index (χ3v) is 3.68. The van der Waals surface area contributed by atoms with Crippen molar-refractivity contribution in [3.8, 4) is 0 Å². The summed E-state index contributed by atoms with van der Waals surface area (Å²) >= 11 is 0. The van der Waals surface area contributed by atoms with Crippen LogP contribution in [-0.4, -0.2) is 31.3 Å². The molecule has 0 aromatic heterocycles. The van der Waals surface area contributed by atoms with Gasteiger partial charge in [0, 0.05) is 18.8 Å². The summed E-state index contributed by atoms with van der Waals surface area (Å²) in [5.41, 5.74) is 1.24. The Balaban J connectivity index is 2.49. The Morgan fingerprint density at radius 2 is 2.00 bits per heavy atom. The second-order valence-electron chi connectivity index (χ2n) is 5.22. The van der Waals surface area contributed by atoms with Crippen LogP contribution in [-0.2, 0) is 0 Å². The molecule has 2 nitrogen and oxygen atoms in total. The van der Waals surface area contributed by atoms with E-state index in [0.717, 1.165) is 18.5 Å². The van der Waals surface area contributed by atoms with Gasteiger partial charge in [0.1, 0.15) is 0 Å². The molecule has 96 valence electrons. The zero-order valence-electron chi connectivity index (χ0n) is 11.5. The maximum Gasteiger partial charge on any atom is 0.0305 e. The quantitative estimate of drug-likeness (QED) is 0.523. The first-order chi connectivity index (χ1) is 8.17. The summed E-state index contributed by atoms with van der Waals surface area (Å²) < 4.78 is 0. The van der Waals surface area contributed by atoms with Crippen LogP contribution in [0.5, 0.6) is 0 Å². The zero-order chi connectivity index (χ0) is 12.7. The number of likely N-dealkylation sites (N-methyl/N-ethyl adjacent to an activating group) is 1. The predicted molar refractivity (Wildman–Crippen MR) is 76.5 cm³/mol. The van der Waals surface area contributed by atoms with E-state index in [1.807, 2.05) is 13.1 Å². The highest BCUT2D eigenvalue weighted by Gasteiger charge is 2.21. The van der Waals surface area contributed by atoms with Crippen LogP contribution in [0.1, 0.15) is 39.5 Å². The molecule has 0 unspecified atom stereocenters. The third-order valence-electron chi connectivity index (χ3n) is 3.68. The van der Waals surface area contributed by atoms with Gasteiger partial charge >= 0.3 is 0 Å². The highest BCUT2D eigenvalue weighted by atomic mass is 15.1. The Morgan fingerprint density at radius 3 is 2.53 bits per heavy atom. The van der Waals surface area contributed by atoms with Crippen LogP contribution >= 0.6 is 0 Å². The summed E-state index contributed by atoms with van der Waals surface area (Å²) in [6.45, 7) is 8.91. The molecule has 0 atom stereocenters. The van der Waals surface area contributed by atoms with E-state index in [9.17, 15) is 0 Å². The number of nitrogens with zero attached hydrogens (tertiary/aromatic N) is 2. The lowest BCUT2D eigenvalue weighted by molar-refractivity contribution is 0.182. The van der Waals surface area contributed by atoms with Gasteiger partial charge in [-0.15, -0.1) is 0 Å². The van der Waals surface area contributed by atoms with Crippen molar-refractivity contribution in [2.75, 3.05) is 13.6 Å². The Morgan fingerprint density at radius 1 is 1.35 bits per heavy atom. The molecule has 1 aliphatic rings. The molecule has 0 N–H and O–H groups in total. The first kappa shape index (κ1) is 14.2. The maximum atomic E-state index is 3.87. The van der Waals surface area contributed by atoms with E-state index in [1.165, 1.54) is 31.3 Å². The molecule has 1 rings (SSSR count). The average Bonchev–Trinajstić information content (AvgIpc) is 2.30. The smallest absolute Gasteiger partial charge is 0.0305 e. The van der Waals surface area contributed by atoms with E-state index in [4.69, 9.17) is 0 Å². The van der Waals surface area contributed by atoms with Gasteiger partial charge in [-0.05, 0) is 57.9 Å². The second kappa shape index (κ2) is 7.44. The van der Waals surface area contributed by atoms with E-state index in [2.05, 4.69) is 42.7 Å². The van der Waals surface area contributed by atoms with Gasteiger partial charge in [0.05, 0.1) is 0 Å². The largest absolute Gasteiger partial charge is 0.299 e. The van der Waals surface area contributed by atoms with Crippen LogP contribution in [0.15, 0.2) is 28.9 Å². The Bertz CT molecular complexity index is 283. The summed E-state index contributed by atoms with van der Waals surface area (Å²) in [4.78, 5) is 6.34. The fourth-order valence-electron chi connectivity index (χ4n) is 2.57. The molecule has 2 heteroatoms. The number of allylic oxidation sites excluding steroid dienone is 1. The highest BCUT2D eigenvalue weighted by Crippen LogP contribution is 2.26. The fraction of sp³-hybridized carbons (Fsp3) is 0.667. The normalized spacial score (nSPS) is 26.7. The van der Waals surface area contributed by atoms with Gasteiger partial charge in [0.25, 0.3) is 0 Å². The van der Waals surface area contributed by atoms with Crippen molar-refractivity contribution in [1.29, 1.82) is 0 Å². The van der Waals surface area contributed by atoms with Gasteiger partial charge < -0.3 is 0 Å². The monoisotopic (exact) mass is 234 g/mol. The molecule has 0 saturated heterocycles. The second-order valence-corrected chi connectivity index (χ2v) is 5.22. The molecular formula is C15H26N2. The van der Waals surface area contributed by atoms with Gasteiger partial charge in [-0.3, -0.25) is 9.89 Å². The molecule has 17 heavy (non-hydrogen) atoms. The van der Waals surface area contributed by atoms with Crippen molar-refractivity contribution >= 4 is 6.72 Å². The Hall–Kier alpha value is -0.890. The van der Waals surface area contributed by atoms with Crippen molar-refractivity contribution in [1.82, 2.24) is 4.90 Å². The topological polar surface area (TPSA) is 15.6 Å². The first-order valence-electron chi connectivity index (χ1n) is 6.65. The summed E-state index contributed by atoms with van der Waals surface area (Å²) in [5, 5.41) is 0. The van der Waals surface area contributed by atoms with Crippen molar-refractivity contribution in [2.45, 2.75) is 45.6 Å². The lowest BCUT2D eigenvalue weighted by atomic mass is 9.86. The molecule has 0 aromatic rings. The predicted octanol–water partition coefficient (Wildman–Crippen LogP) is 3.66. The summed E-state index contributed by atoms with van der Waals surface area (Å²) in [6, 6.07) is 0.740. The fourth-order valence-corrected chi connectivity index (χ4v) is 2.57. The molecule has 1 aliphatic carbocycles. The van der Waals surface area contributed by atoms with Gasteiger partial charge in [0.15, 0.2) is 0 Å². The van der Waals surface area contributed by atoms with Crippen molar-refractivity contribution in [2.24, 2.45) is 10.9 Å². The Labute approximate surface area is 106 Å². The molecular weight excluding hydrogens is 208 g/mol. The number of rotatable bonds is 5. The van der Waals surface area contributed by atoms with E-state index in [0.29, 0.717) is 0 Å². The van der Waals surface area contributed by atoms with Crippen LogP contribution in [0.25, 0.3) is 0 Å². The zero-order valence-corrected chi connectivity index (χ0v) is 11.5. The molecule has 0 heterocycles. The third kappa shape index (κ3) is 4.86. The van der Waals surface area contributed by atoms with Gasteiger partial charge in [-0.25, -0.2) is 0 Å². The lowest BCUT2D eigenvalue weighted by Crippen LogP contribution is -2.35. The first-order valence-corrected chi connectivity index (χ1v) is 6.65. The minimum atomic E-state index is 0.740. The van der Waals surface area contributed by atoms with Crippen LogP contribution in [0.3, 0.4) is 0 Å². The van der Waals surface area contributed by atoms with E-state index in [-0.39, 0.29) is 0 Å². The molecule has 1 saturated carbocycles. The molecule has 1 fully saturated rings. The Kier molecular flexibility index (Phi) is 6.20. The average molecular weight is 234 g/mol. The summed E-state index contributed by atoms with van der Waals surface area (Å²) in [7, 11) is 2.22. The molecule has 0 aliphatic heterocycles. The molecule has 0 bridgehead atoms. The molecule has 0 radical (unpaired) electrons. The van der Waals surface area contributed by atoms with Crippen molar-refractivity contribution < 1.29 is 0 Å².